The van der Waals surface area contributed by atoms with Crippen LogP contribution in [0.5, 0.6) is 0 Å². The zero-order valence-electron chi connectivity index (χ0n) is 5.54. The molecule has 1 aromatic rings. The highest BCUT2D eigenvalue weighted by Gasteiger charge is 1.96. The molecule has 1 aromatic heterocycles. The molecule has 0 amide bonds. The summed E-state index contributed by atoms with van der Waals surface area (Å²) < 4.78 is 0. The van der Waals surface area contributed by atoms with Gasteiger partial charge in [-0.3, -0.25) is 0 Å². The first kappa shape index (κ1) is 7.63. The quantitative estimate of drug-likeness (QED) is 0.494. The molecule has 0 N–H and O–H groups in total. The number of allylic oxidation sites excluding steroid dienone is 1. The van der Waals surface area contributed by atoms with Crippen LogP contribution in [0.4, 0.5) is 0 Å². The Hall–Kier alpha value is -0.470. The van der Waals surface area contributed by atoms with Crippen LogP contribution < -0.4 is 0 Å². The summed E-state index contributed by atoms with van der Waals surface area (Å²) >= 11 is 6.51. The van der Waals surface area contributed by atoms with Gasteiger partial charge in [0.1, 0.15) is 0 Å². The van der Waals surface area contributed by atoms with Crippen LogP contribution in [0.15, 0.2) is 24.1 Å². The minimum atomic E-state index is 0.923. The summed E-state index contributed by atoms with van der Waals surface area (Å²) in [5.74, 6) is 0. The molecule has 52 valence electrons. The van der Waals surface area contributed by atoms with Crippen LogP contribution in [0.2, 0.25) is 0 Å². The van der Waals surface area contributed by atoms with Crippen LogP contribution >= 0.6 is 23.6 Å². The molecule has 0 saturated heterocycles. The van der Waals surface area contributed by atoms with Crippen molar-refractivity contribution in [2.75, 3.05) is 0 Å². The molecule has 0 aliphatic rings. The number of hydrogen-bond donors (Lipinski definition) is 0. The molecule has 10 heavy (non-hydrogen) atoms. The highest BCUT2D eigenvalue weighted by molar-refractivity contribution is 7.79. The topological polar surface area (TPSA) is 0 Å². The van der Waals surface area contributed by atoms with Crippen LogP contribution in [0.3, 0.4) is 0 Å². The molecule has 0 bridgehead atoms. The molecule has 0 unspecified atom stereocenters. The molecule has 0 aliphatic carbocycles. The van der Waals surface area contributed by atoms with Crippen molar-refractivity contribution in [3.8, 4) is 0 Å². The van der Waals surface area contributed by atoms with Crippen molar-refractivity contribution in [1.82, 2.24) is 0 Å². The molecule has 0 spiro atoms. The third-order valence-electron chi connectivity index (χ3n) is 1.25. The lowest BCUT2D eigenvalue weighted by Gasteiger charge is -1.90. The van der Waals surface area contributed by atoms with Crippen LogP contribution in [-0.4, -0.2) is 5.37 Å². The number of hydrogen-bond acceptors (Lipinski definition) is 2. The maximum atomic E-state index is 4.83. The first-order valence-electron chi connectivity index (χ1n) is 3.01. The molecule has 0 nitrogen and oxygen atoms in total. The van der Waals surface area contributed by atoms with Crippen molar-refractivity contribution in [2.45, 2.75) is 6.42 Å². The van der Waals surface area contributed by atoms with Gasteiger partial charge in [-0.2, -0.15) is 0 Å². The van der Waals surface area contributed by atoms with Gasteiger partial charge in [-0.25, -0.2) is 0 Å². The van der Waals surface area contributed by atoms with E-state index in [1.165, 1.54) is 10.4 Å². The molecule has 2 heteroatoms. The second-order valence-corrected chi connectivity index (χ2v) is 3.10. The Morgan fingerprint density at radius 1 is 1.70 bits per heavy atom. The van der Waals surface area contributed by atoms with Gasteiger partial charge >= 0.3 is 0 Å². The van der Waals surface area contributed by atoms with Crippen LogP contribution in [0.1, 0.15) is 10.4 Å². The lowest BCUT2D eigenvalue weighted by molar-refractivity contribution is 1.30. The number of thiophene rings is 1. The van der Waals surface area contributed by atoms with Crippen LogP contribution in [-0.2, 0) is 6.42 Å². The minimum Gasteiger partial charge on any atom is -0.143 e. The summed E-state index contributed by atoms with van der Waals surface area (Å²) in [7, 11) is 0. The Morgan fingerprint density at radius 2 is 2.50 bits per heavy atom. The molecule has 1 heterocycles. The fourth-order valence-corrected chi connectivity index (χ4v) is 1.83. The van der Waals surface area contributed by atoms with E-state index in [2.05, 4.69) is 18.0 Å². The molecule has 0 aromatic carbocycles. The van der Waals surface area contributed by atoms with Gasteiger partial charge in [0.25, 0.3) is 0 Å². The summed E-state index contributed by atoms with van der Waals surface area (Å²) in [6.45, 7) is 3.67. The molecule has 0 atom stereocenters. The second-order valence-electron chi connectivity index (χ2n) is 1.92. The SMILES string of the molecule is C=CCc1ccsc1C=S. The van der Waals surface area contributed by atoms with Gasteiger partial charge in [-0.1, -0.05) is 18.3 Å². The van der Waals surface area contributed by atoms with Crippen molar-refractivity contribution < 1.29 is 0 Å². The Balaban J connectivity index is 2.89. The van der Waals surface area contributed by atoms with Gasteiger partial charge in [0.05, 0.1) is 0 Å². The van der Waals surface area contributed by atoms with Gasteiger partial charge in [-0.05, 0) is 23.4 Å². The Kier molecular flexibility index (Phi) is 2.78. The van der Waals surface area contributed by atoms with E-state index in [0.29, 0.717) is 0 Å². The fraction of sp³-hybridized carbons (Fsp3) is 0.125. The first-order chi connectivity index (χ1) is 4.88. The molecular weight excluding hydrogens is 160 g/mol. The zero-order valence-corrected chi connectivity index (χ0v) is 7.17. The van der Waals surface area contributed by atoms with E-state index in [1.54, 1.807) is 16.7 Å². The minimum absolute atomic E-state index is 0.923. The van der Waals surface area contributed by atoms with Crippen LogP contribution in [0.25, 0.3) is 0 Å². The van der Waals surface area contributed by atoms with Crippen molar-refractivity contribution >= 4 is 28.9 Å². The summed E-state index contributed by atoms with van der Waals surface area (Å²) in [5.41, 5.74) is 1.29. The van der Waals surface area contributed by atoms with Gasteiger partial charge in [0.2, 0.25) is 0 Å². The van der Waals surface area contributed by atoms with Gasteiger partial charge in [-0.15, -0.1) is 17.9 Å². The van der Waals surface area contributed by atoms with Crippen molar-refractivity contribution in [1.29, 1.82) is 0 Å². The fourth-order valence-electron chi connectivity index (χ4n) is 0.775. The Morgan fingerprint density at radius 3 is 3.10 bits per heavy atom. The van der Waals surface area contributed by atoms with Crippen LogP contribution in [0, 0.1) is 0 Å². The van der Waals surface area contributed by atoms with Crippen molar-refractivity contribution in [3.63, 3.8) is 0 Å². The summed E-state index contributed by atoms with van der Waals surface area (Å²) in [6, 6.07) is 2.09. The average molecular weight is 168 g/mol. The first-order valence-corrected chi connectivity index (χ1v) is 4.36. The molecule has 0 aliphatic heterocycles. The van der Waals surface area contributed by atoms with E-state index >= 15 is 0 Å². The van der Waals surface area contributed by atoms with E-state index in [-0.39, 0.29) is 0 Å². The third-order valence-corrected chi connectivity index (χ3v) is 2.54. The standard InChI is InChI=1S/C8H8S2/c1-2-3-7-4-5-10-8(7)6-9/h2,4-6H,1,3H2. The monoisotopic (exact) mass is 168 g/mol. The Labute approximate surface area is 70.2 Å². The summed E-state index contributed by atoms with van der Waals surface area (Å²) in [4.78, 5) is 1.19. The molecular formula is C8H8S2. The van der Waals surface area contributed by atoms with Gasteiger partial charge in [0, 0.05) is 10.2 Å². The number of thiocarbonyl (C=S) groups is 1. The molecule has 1 rings (SSSR count). The predicted molar refractivity (Wildman–Crippen MR) is 51.0 cm³/mol. The zero-order chi connectivity index (χ0) is 7.40. The number of rotatable bonds is 3. The van der Waals surface area contributed by atoms with E-state index in [0.717, 1.165) is 6.42 Å². The lowest BCUT2D eigenvalue weighted by atomic mass is 10.2. The third kappa shape index (κ3) is 1.52. The maximum absolute atomic E-state index is 4.83. The second kappa shape index (κ2) is 3.64. The van der Waals surface area contributed by atoms with Crippen molar-refractivity contribution in [2.24, 2.45) is 0 Å². The van der Waals surface area contributed by atoms with E-state index in [1.807, 2.05) is 6.08 Å². The molecule has 0 radical (unpaired) electrons. The average Bonchev–Trinajstić information content (AvgIpc) is 2.36. The predicted octanol–water partition coefficient (Wildman–Crippen LogP) is 2.82. The van der Waals surface area contributed by atoms with E-state index in [9.17, 15) is 0 Å². The maximum Gasteiger partial charge on any atom is 0.0412 e. The van der Waals surface area contributed by atoms with Gasteiger partial charge in [0.15, 0.2) is 0 Å². The van der Waals surface area contributed by atoms with Gasteiger partial charge < -0.3 is 0 Å². The summed E-state index contributed by atoms with van der Waals surface area (Å²) in [6.07, 6.45) is 2.82. The summed E-state index contributed by atoms with van der Waals surface area (Å²) in [5, 5.41) is 3.78. The normalized spacial score (nSPS) is 9.20. The largest absolute Gasteiger partial charge is 0.143 e. The Bertz CT molecular complexity index is 235. The highest BCUT2D eigenvalue weighted by Crippen LogP contribution is 2.14. The smallest absolute Gasteiger partial charge is 0.0412 e. The van der Waals surface area contributed by atoms with Crippen molar-refractivity contribution in [3.05, 3.63) is 34.5 Å². The highest BCUT2D eigenvalue weighted by atomic mass is 32.1. The lowest BCUT2D eigenvalue weighted by Crippen LogP contribution is -1.80. The van der Waals surface area contributed by atoms with E-state index < -0.39 is 0 Å². The molecule has 0 saturated carbocycles. The van der Waals surface area contributed by atoms with E-state index in [4.69, 9.17) is 12.2 Å². The molecule has 0 fully saturated rings.